The Hall–Kier alpha value is -1.28. The van der Waals surface area contributed by atoms with Crippen molar-refractivity contribution in [3.63, 3.8) is 0 Å². The van der Waals surface area contributed by atoms with Gasteiger partial charge in [-0.25, -0.2) is 9.97 Å². The summed E-state index contributed by atoms with van der Waals surface area (Å²) in [4.78, 5) is 18.9. The van der Waals surface area contributed by atoms with Gasteiger partial charge in [0.1, 0.15) is 17.0 Å². The normalized spacial score (nSPS) is 23.4. The van der Waals surface area contributed by atoms with Gasteiger partial charge >= 0.3 is 0 Å². The maximum atomic E-state index is 6.06. The fourth-order valence-electron chi connectivity index (χ4n) is 3.66. The summed E-state index contributed by atoms with van der Waals surface area (Å²) in [6, 6.07) is 2.26. The van der Waals surface area contributed by atoms with E-state index < -0.39 is 0 Å². The van der Waals surface area contributed by atoms with Crippen molar-refractivity contribution in [3.05, 3.63) is 17.3 Å². The Morgan fingerprint density at radius 3 is 2.84 bits per heavy atom. The number of nitrogens with zero attached hydrogens (tertiary/aromatic N) is 5. The Bertz CT molecular complexity index is 713. The quantitative estimate of drug-likeness (QED) is 0.826. The molecule has 0 aromatic carbocycles. The van der Waals surface area contributed by atoms with Crippen LogP contribution in [0.25, 0.3) is 10.2 Å². The van der Waals surface area contributed by atoms with Crippen LogP contribution in [-0.2, 0) is 11.2 Å². The number of likely N-dealkylation sites (N-methyl/N-ethyl adjacent to an activating group) is 1. The summed E-state index contributed by atoms with van der Waals surface area (Å²) in [6.07, 6.45) is 3.01. The highest BCUT2D eigenvalue weighted by atomic mass is 32.1. The van der Waals surface area contributed by atoms with Gasteiger partial charge in [0.15, 0.2) is 0 Å². The first-order valence-corrected chi connectivity index (χ1v) is 10.1. The van der Waals surface area contributed by atoms with Gasteiger partial charge in [-0.3, -0.25) is 4.90 Å². The van der Waals surface area contributed by atoms with Crippen LogP contribution in [0.2, 0.25) is 0 Å². The Kier molecular flexibility index (Phi) is 5.17. The van der Waals surface area contributed by atoms with Crippen LogP contribution in [0.4, 0.5) is 5.82 Å². The Morgan fingerprint density at radius 1 is 1.20 bits per heavy atom. The molecule has 0 amide bonds. The SMILES string of the molecule is CCc1cc2c(N3CCO[C@@H](CN4CCN(C)CC4)C3)ncnc2s1. The van der Waals surface area contributed by atoms with E-state index in [1.165, 1.54) is 10.3 Å². The van der Waals surface area contributed by atoms with Crippen LogP contribution >= 0.6 is 11.3 Å². The van der Waals surface area contributed by atoms with E-state index in [1.807, 2.05) is 0 Å². The fourth-order valence-corrected chi connectivity index (χ4v) is 4.59. The van der Waals surface area contributed by atoms with E-state index >= 15 is 0 Å². The zero-order chi connectivity index (χ0) is 17.2. The molecule has 4 heterocycles. The molecule has 0 bridgehead atoms. The molecule has 0 aliphatic carbocycles. The van der Waals surface area contributed by atoms with Crippen molar-refractivity contribution in [2.45, 2.75) is 19.4 Å². The summed E-state index contributed by atoms with van der Waals surface area (Å²) in [6.45, 7) is 10.4. The number of ether oxygens (including phenoxy) is 1. The molecule has 0 radical (unpaired) electrons. The van der Waals surface area contributed by atoms with Crippen LogP contribution in [0.5, 0.6) is 0 Å². The molecule has 25 heavy (non-hydrogen) atoms. The molecule has 136 valence electrons. The zero-order valence-electron chi connectivity index (χ0n) is 15.1. The van der Waals surface area contributed by atoms with Gasteiger partial charge in [-0.1, -0.05) is 6.92 Å². The molecule has 0 spiro atoms. The van der Waals surface area contributed by atoms with E-state index in [0.29, 0.717) is 0 Å². The molecule has 6 nitrogen and oxygen atoms in total. The second-order valence-corrected chi connectivity index (χ2v) is 8.14. The summed E-state index contributed by atoms with van der Waals surface area (Å²) in [5.74, 6) is 1.08. The van der Waals surface area contributed by atoms with Gasteiger partial charge < -0.3 is 14.5 Å². The number of aromatic nitrogens is 2. The highest BCUT2D eigenvalue weighted by Crippen LogP contribution is 2.31. The van der Waals surface area contributed by atoms with Gasteiger partial charge in [0, 0.05) is 50.7 Å². The first kappa shape index (κ1) is 17.1. The lowest BCUT2D eigenvalue weighted by Crippen LogP contribution is -2.52. The van der Waals surface area contributed by atoms with E-state index in [0.717, 1.165) is 69.5 Å². The van der Waals surface area contributed by atoms with Crippen LogP contribution in [0.15, 0.2) is 12.4 Å². The molecular weight excluding hydrogens is 334 g/mol. The van der Waals surface area contributed by atoms with E-state index in [9.17, 15) is 0 Å². The van der Waals surface area contributed by atoms with Gasteiger partial charge in [-0.15, -0.1) is 11.3 Å². The molecule has 2 aromatic rings. The monoisotopic (exact) mass is 361 g/mol. The van der Waals surface area contributed by atoms with Crippen molar-refractivity contribution in [2.75, 3.05) is 64.4 Å². The van der Waals surface area contributed by atoms with Crippen molar-refractivity contribution in [1.82, 2.24) is 19.8 Å². The summed E-state index contributed by atoms with van der Waals surface area (Å²) in [5, 5.41) is 1.20. The Morgan fingerprint density at radius 2 is 2.04 bits per heavy atom. The average Bonchev–Trinajstić information content (AvgIpc) is 3.07. The number of morpholine rings is 1. The topological polar surface area (TPSA) is 44.7 Å². The number of fused-ring (bicyclic) bond motifs is 1. The van der Waals surface area contributed by atoms with Crippen LogP contribution in [0, 0.1) is 0 Å². The smallest absolute Gasteiger partial charge is 0.140 e. The summed E-state index contributed by atoms with van der Waals surface area (Å²) in [7, 11) is 2.20. The minimum absolute atomic E-state index is 0.256. The summed E-state index contributed by atoms with van der Waals surface area (Å²) < 4.78 is 6.06. The summed E-state index contributed by atoms with van der Waals surface area (Å²) >= 11 is 1.78. The van der Waals surface area contributed by atoms with E-state index in [-0.39, 0.29) is 6.10 Å². The van der Waals surface area contributed by atoms with Crippen LogP contribution < -0.4 is 4.90 Å². The third-order valence-corrected chi connectivity index (χ3v) is 6.39. The number of piperazine rings is 1. The maximum Gasteiger partial charge on any atom is 0.140 e. The minimum atomic E-state index is 0.256. The van der Waals surface area contributed by atoms with Crippen LogP contribution in [-0.4, -0.2) is 85.3 Å². The zero-order valence-corrected chi connectivity index (χ0v) is 16.0. The highest BCUT2D eigenvalue weighted by molar-refractivity contribution is 7.18. The molecule has 7 heteroatoms. The van der Waals surface area contributed by atoms with E-state index in [2.05, 4.69) is 44.7 Å². The third-order valence-electron chi connectivity index (χ3n) is 5.20. The van der Waals surface area contributed by atoms with Gasteiger partial charge in [0.25, 0.3) is 0 Å². The third kappa shape index (κ3) is 3.79. The van der Waals surface area contributed by atoms with Gasteiger partial charge in [-0.2, -0.15) is 0 Å². The standard InChI is InChI=1S/C18H27N5OS/c1-3-15-10-16-17(19-13-20-18(16)25-15)23-8-9-24-14(12-23)11-22-6-4-21(2)5-7-22/h10,13-14H,3-9,11-12H2,1-2H3/t14-/m0/s1. The first-order valence-electron chi connectivity index (χ1n) is 9.24. The largest absolute Gasteiger partial charge is 0.373 e. The van der Waals surface area contributed by atoms with E-state index in [1.54, 1.807) is 17.7 Å². The number of anilines is 1. The number of thiophene rings is 1. The lowest BCUT2D eigenvalue weighted by molar-refractivity contribution is 0.00669. The molecule has 4 rings (SSSR count). The van der Waals surface area contributed by atoms with Gasteiger partial charge in [-0.05, 0) is 19.5 Å². The fraction of sp³-hybridized carbons (Fsp3) is 0.667. The Labute approximate surface area is 153 Å². The number of hydrogen-bond donors (Lipinski definition) is 0. The predicted octanol–water partition coefficient (Wildman–Crippen LogP) is 1.71. The minimum Gasteiger partial charge on any atom is -0.373 e. The second kappa shape index (κ2) is 7.53. The van der Waals surface area contributed by atoms with E-state index in [4.69, 9.17) is 4.74 Å². The lowest BCUT2D eigenvalue weighted by atomic mass is 10.2. The molecule has 2 aliphatic rings. The molecule has 1 atom stereocenters. The van der Waals surface area contributed by atoms with Crippen molar-refractivity contribution in [2.24, 2.45) is 0 Å². The molecule has 0 unspecified atom stereocenters. The van der Waals surface area contributed by atoms with Crippen molar-refractivity contribution < 1.29 is 4.74 Å². The van der Waals surface area contributed by atoms with Crippen LogP contribution in [0.1, 0.15) is 11.8 Å². The average molecular weight is 362 g/mol. The highest BCUT2D eigenvalue weighted by Gasteiger charge is 2.26. The van der Waals surface area contributed by atoms with Gasteiger partial charge in [0.2, 0.25) is 0 Å². The maximum absolute atomic E-state index is 6.06. The van der Waals surface area contributed by atoms with Gasteiger partial charge in [0.05, 0.1) is 18.1 Å². The van der Waals surface area contributed by atoms with Crippen molar-refractivity contribution in [1.29, 1.82) is 0 Å². The molecule has 2 aromatic heterocycles. The lowest BCUT2D eigenvalue weighted by Gasteiger charge is -2.38. The summed E-state index contributed by atoms with van der Waals surface area (Å²) in [5.41, 5.74) is 0. The molecular formula is C18H27N5OS. The molecule has 2 fully saturated rings. The predicted molar refractivity (Wildman–Crippen MR) is 103 cm³/mol. The molecule has 2 aliphatic heterocycles. The molecule has 2 saturated heterocycles. The number of rotatable bonds is 4. The Balaban J connectivity index is 1.47. The molecule has 0 saturated carbocycles. The number of hydrogen-bond acceptors (Lipinski definition) is 7. The molecule has 0 N–H and O–H groups in total. The number of aryl methyl sites for hydroxylation is 1. The first-order chi connectivity index (χ1) is 12.2. The second-order valence-electron chi connectivity index (χ2n) is 7.03. The van der Waals surface area contributed by atoms with Crippen LogP contribution in [0.3, 0.4) is 0 Å². The van der Waals surface area contributed by atoms with Crippen molar-refractivity contribution >= 4 is 27.4 Å². The van der Waals surface area contributed by atoms with Crippen molar-refractivity contribution in [3.8, 4) is 0 Å².